The van der Waals surface area contributed by atoms with E-state index < -0.39 is 5.69 Å². The predicted molar refractivity (Wildman–Crippen MR) is 113 cm³/mol. The summed E-state index contributed by atoms with van der Waals surface area (Å²) < 4.78 is 5.25. The van der Waals surface area contributed by atoms with Crippen LogP contribution in [-0.2, 0) is 6.54 Å². The summed E-state index contributed by atoms with van der Waals surface area (Å²) in [6.07, 6.45) is 2.34. The Morgan fingerprint density at radius 3 is 2.48 bits per heavy atom. The Balaban J connectivity index is 1.32. The number of H-pyrrole nitrogens is 2. The lowest BCUT2D eigenvalue weighted by atomic mass is 10.0. The van der Waals surface area contributed by atoms with Gasteiger partial charge in [0.15, 0.2) is 0 Å². The number of benzene rings is 1. The lowest BCUT2D eigenvalue weighted by Crippen LogP contribution is -2.55. The Morgan fingerprint density at radius 2 is 1.79 bits per heavy atom. The highest BCUT2D eigenvalue weighted by molar-refractivity contribution is 5.49. The second-order valence-corrected chi connectivity index (χ2v) is 7.87. The van der Waals surface area contributed by atoms with Crippen LogP contribution in [0.5, 0.6) is 5.75 Å². The van der Waals surface area contributed by atoms with Crippen LogP contribution >= 0.6 is 0 Å². The Bertz CT molecular complexity index is 887. The first kappa shape index (κ1) is 19.7. The minimum Gasteiger partial charge on any atom is -0.497 e. The summed E-state index contributed by atoms with van der Waals surface area (Å²) in [5.41, 5.74) is 1.15. The molecule has 2 aromatic rings. The van der Waals surface area contributed by atoms with Gasteiger partial charge in [0.1, 0.15) is 5.75 Å². The number of aromatic nitrogens is 2. The van der Waals surface area contributed by atoms with E-state index >= 15 is 0 Å². The lowest BCUT2D eigenvalue weighted by molar-refractivity contribution is 0.0880. The average molecular weight is 399 g/mol. The van der Waals surface area contributed by atoms with Crippen molar-refractivity contribution in [1.29, 1.82) is 0 Å². The van der Waals surface area contributed by atoms with Gasteiger partial charge in [0.25, 0.3) is 5.56 Å². The first-order valence-corrected chi connectivity index (χ1v) is 10.3. The summed E-state index contributed by atoms with van der Waals surface area (Å²) in [6.45, 7) is 6.71. The minimum atomic E-state index is -0.435. The molecule has 3 heterocycles. The number of nitrogens with one attached hydrogen (secondary N) is 2. The van der Waals surface area contributed by atoms with Crippen molar-refractivity contribution in [2.45, 2.75) is 25.4 Å². The van der Waals surface area contributed by atoms with E-state index in [-0.39, 0.29) is 5.56 Å². The van der Waals surface area contributed by atoms with E-state index in [1.165, 1.54) is 18.2 Å². The number of likely N-dealkylation sites (tertiary alicyclic amines) is 1. The highest BCUT2D eigenvalue weighted by Gasteiger charge is 2.28. The molecule has 2 N–H and O–H groups in total. The fraction of sp³-hybridized carbons (Fsp3) is 0.524. The Labute approximate surface area is 170 Å². The third-order valence-corrected chi connectivity index (χ3v) is 5.96. The smallest absolute Gasteiger partial charge is 0.325 e. The van der Waals surface area contributed by atoms with E-state index in [0.717, 1.165) is 51.4 Å². The van der Waals surface area contributed by atoms with Gasteiger partial charge in [0.05, 0.1) is 7.11 Å². The van der Waals surface area contributed by atoms with Gasteiger partial charge < -0.3 is 14.6 Å². The van der Waals surface area contributed by atoms with Gasteiger partial charge in [0.2, 0.25) is 0 Å². The first-order valence-electron chi connectivity index (χ1n) is 10.3. The van der Waals surface area contributed by atoms with Crippen LogP contribution < -0.4 is 20.9 Å². The fourth-order valence-corrected chi connectivity index (χ4v) is 4.46. The molecule has 1 atom stereocenters. The van der Waals surface area contributed by atoms with Gasteiger partial charge in [0, 0.05) is 62.8 Å². The molecule has 2 saturated heterocycles. The highest BCUT2D eigenvalue weighted by Crippen LogP contribution is 2.23. The van der Waals surface area contributed by atoms with Crippen LogP contribution in [0.15, 0.2) is 39.9 Å². The van der Waals surface area contributed by atoms with Crippen molar-refractivity contribution >= 4 is 5.69 Å². The van der Waals surface area contributed by atoms with Crippen molar-refractivity contribution in [2.24, 2.45) is 0 Å². The zero-order valence-electron chi connectivity index (χ0n) is 16.9. The number of aromatic amines is 2. The van der Waals surface area contributed by atoms with E-state index in [1.807, 2.05) is 12.1 Å². The maximum absolute atomic E-state index is 11.5. The number of hydrogen-bond donors (Lipinski definition) is 2. The lowest BCUT2D eigenvalue weighted by Gasteiger charge is -2.44. The molecule has 0 saturated carbocycles. The number of anilines is 1. The average Bonchev–Trinajstić information content (AvgIpc) is 2.73. The third-order valence-electron chi connectivity index (χ3n) is 5.96. The maximum atomic E-state index is 11.5. The number of ether oxygens (including phenoxy) is 1. The fourth-order valence-electron chi connectivity index (χ4n) is 4.46. The number of rotatable bonds is 5. The van der Waals surface area contributed by atoms with Gasteiger partial charge >= 0.3 is 5.69 Å². The largest absolute Gasteiger partial charge is 0.497 e. The maximum Gasteiger partial charge on any atom is 0.325 e. The molecular formula is C21H29N5O3. The zero-order valence-corrected chi connectivity index (χ0v) is 16.9. The van der Waals surface area contributed by atoms with E-state index in [1.54, 1.807) is 7.11 Å². The van der Waals surface area contributed by atoms with Crippen molar-refractivity contribution < 1.29 is 4.74 Å². The number of piperazine rings is 1. The normalized spacial score (nSPS) is 21.3. The van der Waals surface area contributed by atoms with Crippen LogP contribution in [0.4, 0.5) is 5.69 Å². The van der Waals surface area contributed by atoms with Gasteiger partial charge in [-0.3, -0.25) is 19.6 Å². The standard InChI is InChI=1S/C21H29N5O3/c1-29-19-6-4-17(5-7-19)25-9-11-26(12-10-25)18-3-2-8-24(15-18)14-16-13-20(27)23-21(28)22-16/h4-7,13,18H,2-3,8-12,14-15H2,1H3,(H2,22,23,27,28)/t18-/m0/s1. The summed E-state index contributed by atoms with van der Waals surface area (Å²) in [6, 6.07) is 10.3. The first-order chi connectivity index (χ1) is 14.1. The van der Waals surface area contributed by atoms with Gasteiger partial charge in [-0.15, -0.1) is 0 Å². The Kier molecular flexibility index (Phi) is 6.01. The molecule has 0 unspecified atom stereocenters. The third kappa shape index (κ3) is 4.89. The number of nitrogens with zero attached hydrogens (tertiary/aromatic N) is 3. The monoisotopic (exact) mass is 399 g/mol. The van der Waals surface area contributed by atoms with Crippen molar-refractivity contribution in [3.63, 3.8) is 0 Å². The van der Waals surface area contributed by atoms with Crippen LogP contribution in [0.3, 0.4) is 0 Å². The van der Waals surface area contributed by atoms with E-state index in [0.29, 0.717) is 18.3 Å². The molecule has 0 aliphatic carbocycles. The van der Waals surface area contributed by atoms with Crippen molar-refractivity contribution in [3.05, 3.63) is 56.9 Å². The number of piperidine rings is 1. The van der Waals surface area contributed by atoms with E-state index in [9.17, 15) is 9.59 Å². The molecule has 0 bridgehead atoms. The number of hydrogen-bond acceptors (Lipinski definition) is 6. The molecule has 0 radical (unpaired) electrons. The van der Waals surface area contributed by atoms with Crippen LogP contribution in [0.25, 0.3) is 0 Å². The Hall–Kier alpha value is -2.58. The summed E-state index contributed by atoms with van der Waals surface area (Å²) in [5, 5.41) is 0. The molecule has 8 nitrogen and oxygen atoms in total. The SMILES string of the molecule is COc1ccc(N2CCN([C@H]3CCCN(Cc4cc(=O)[nH]c(=O)[nH]4)C3)CC2)cc1. The van der Waals surface area contributed by atoms with Gasteiger partial charge in [-0.2, -0.15) is 0 Å². The Morgan fingerprint density at radius 1 is 1.03 bits per heavy atom. The van der Waals surface area contributed by atoms with Crippen molar-refractivity contribution in [3.8, 4) is 5.75 Å². The molecule has 1 aromatic heterocycles. The summed E-state index contributed by atoms with van der Waals surface area (Å²) >= 11 is 0. The molecule has 4 rings (SSSR count). The van der Waals surface area contributed by atoms with Crippen LogP contribution in [0.2, 0.25) is 0 Å². The summed E-state index contributed by atoms with van der Waals surface area (Å²) in [5.74, 6) is 0.886. The van der Waals surface area contributed by atoms with Gasteiger partial charge in [-0.1, -0.05) is 0 Å². The quantitative estimate of drug-likeness (QED) is 0.776. The molecule has 0 amide bonds. The van der Waals surface area contributed by atoms with E-state index in [2.05, 4.69) is 36.8 Å². The summed E-state index contributed by atoms with van der Waals surface area (Å²) in [4.78, 5) is 35.4. The second-order valence-electron chi connectivity index (χ2n) is 7.87. The van der Waals surface area contributed by atoms with Gasteiger partial charge in [-0.05, 0) is 43.7 Å². The minimum absolute atomic E-state index is 0.341. The molecule has 156 valence electrons. The van der Waals surface area contributed by atoms with Crippen LogP contribution in [-0.4, -0.2) is 72.2 Å². The van der Waals surface area contributed by atoms with Crippen molar-refractivity contribution in [1.82, 2.24) is 19.8 Å². The molecule has 2 aliphatic heterocycles. The summed E-state index contributed by atoms with van der Waals surface area (Å²) in [7, 11) is 1.69. The molecule has 1 aromatic carbocycles. The van der Waals surface area contributed by atoms with Crippen LogP contribution in [0.1, 0.15) is 18.5 Å². The molecule has 2 aliphatic rings. The molecule has 29 heavy (non-hydrogen) atoms. The van der Waals surface area contributed by atoms with Crippen molar-refractivity contribution in [2.75, 3.05) is 51.3 Å². The van der Waals surface area contributed by atoms with Crippen LogP contribution in [0, 0.1) is 0 Å². The second kappa shape index (κ2) is 8.84. The molecular weight excluding hydrogens is 370 g/mol. The van der Waals surface area contributed by atoms with E-state index in [4.69, 9.17) is 4.74 Å². The molecule has 2 fully saturated rings. The number of methoxy groups -OCH3 is 1. The predicted octanol–water partition coefficient (Wildman–Crippen LogP) is 0.858. The van der Waals surface area contributed by atoms with Gasteiger partial charge in [-0.25, -0.2) is 4.79 Å². The molecule has 8 heteroatoms. The topological polar surface area (TPSA) is 84.7 Å². The molecule has 0 spiro atoms. The highest BCUT2D eigenvalue weighted by atomic mass is 16.5. The zero-order chi connectivity index (χ0) is 20.2.